The molecule has 0 spiro atoms. The summed E-state index contributed by atoms with van der Waals surface area (Å²) in [7, 11) is 0. The first-order valence-corrected chi connectivity index (χ1v) is 6.20. The third-order valence-electron chi connectivity index (χ3n) is 2.73. The van der Waals surface area contributed by atoms with E-state index < -0.39 is 17.2 Å². The van der Waals surface area contributed by atoms with E-state index in [0.717, 1.165) is 0 Å². The maximum atomic E-state index is 13.2. The van der Waals surface area contributed by atoms with Crippen LogP contribution in [-0.4, -0.2) is 30.1 Å². The van der Waals surface area contributed by atoms with Gasteiger partial charge in [0.2, 0.25) is 5.91 Å². The lowest BCUT2D eigenvalue weighted by Crippen LogP contribution is -2.39. The molecule has 0 radical (unpaired) electrons. The Bertz CT molecular complexity index is 488. The zero-order valence-electron chi connectivity index (χ0n) is 11.5. The number of hydrogen-bond donors (Lipinski definition) is 2. The number of ether oxygens (including phenoxy) is 1. The number of benzene rings is 1. The predicted octanol–water partition coefficient (Wildman–Crippen LogP) is 1.82. The van der Waals surface area contributed by atoms with Crippen molar-refractivity contribution in [2.24, 2.45) is 5.41 Å². The first-order valence-electron chi connectivity index (χ1n) is 6.20. The third-order valence-corrected chi connectivity index (χ3v) is 2.73. The monoisotopic (exact) mass is 283 g/mol. The third kappa shape index (κ3) is 4.87. The number of halogens is 1. The quantitative estimate of drug-likeness (QED) is 0.800. The van der Waals surface area contributed by atoms with Crippen LogP contribution < -0.4 is 10.1 Å². The Kier molecular flexibility index (Phi) is 5.49. The summed E-state index contributed by atoms with van der Waals surface area (Å²) in [5.74, 6) is -1.72. The van der Waals surface area contributed by atoms with Crippen molar-refractivity contribution in [3.05, 3.63) is 30.1 Å². The second kappa shape index (κ2) is 6.88. The number of nitrogens with one attached hydrogen (secondary N) is 1. The minimum atomic E-state index is -1.03. The molecule has 0 aliphatic rings. The summed E-state index contributed by atoms with van der Waals surface area (Å²) in [6, 6.07) is 5.92. The van der Waals surface area contributed by atoms with Crippen molar-refractivity contribution in [1.29, 1.82) is 0 Å². The Morgan fingerprint density at radius 2 is 2.00 bits per heavy atom. The number of amides is 1. The van der Waals surface area contributed by atoms with E-state index in [-0.39, 0.29) is 31.2 Å². The standard InChI is InChI=1S/C14H18FNO4/c1-14(2,13(18)19)9-16-12(17)7-8-20-11-6-4-3-5-10(11)15/h3-6H,7-9H2,1-2H3,(H,16,17)(H,18,19). The van der Waals surface area contributed by atoms with Gasteiger partial charge in [-0.05, 0) is 26.0 Å². The lowest BCUT2D eigenvalue weighted by Gasteiger charge is -2.19. The van der Waals surface area contributed by atoms with Crippen LogP contribution in [-0.2, 0) is 9.59 Å². The Labute approximate surface area is 116 Å². The summed E-state index contributed by atoms with van der Waals surface area (Å²) in [5, 5.41) is 11.4. The van der Waals surface area contributed by atoms with Gasteiger partial charge >= 0.3 is 5.97 Å². The van der Waals surface area contributed by atoms with Crippen LogP contribution in [0.5, 0.6) is 5.75 Å². The van der Waals surface area contributed by atoms with Crippen molar-refractivity contribution in [3.63, 3.8) is 0 Å². The molecule has 0 unspecified atom stereocenters. The Hall–Kier alpha value is -2.11. The molecule has 110 valence electrons. The lowest BCUT2D eigenvalue weighted by atomic mass is 9.94. The molecule has 20 heavy (non-hydrogen) atoms. The molecule has 1 aromatic carbocycles. The van der Waals surface area contributed by atoms with Crippen molar-refractivity contribution >= 4 is 11.9 Å². The summed E-state index contributed by atoms with van der Waals surface area (Å²) in [5.41, 5.74) is -1.03. The van der Waals surface area contributed by atoms with E-state index in [9.17, 15) is 14.0 Å². The fourth-order valence-electron chi connectivity index (χ4n) is 1.30. The molecule has 0 fully saturated rings. The maximum absolute atomic E-state index is 13.2. The SMILES string of the molecule is CC(C)(CNC(=O)CCOc1ccccc1F)C(=O)O. The van der Waals surface area contributed by atoms with E-state index in [1.54, 1.807) is 12.1 Å². The molecule has 0 saturated heterocycles. The number of aliphatic carboxylic acids is 1. The zero-order valence-corrected chi connectivity index (χ0v) is 11.5. The van der Waals surface area contributed by atoms with Gasteiger partial charge in [0.15, 0.2) is 11.6 Å². The summed E-state index contributed by atoms with van der Waals surface area (Å²) >= 11 is 0. The van der Waals surface area contributed by atoms with Crippen molar-refractivity contribution in [2.45, 2.75) is 20.3 Å². The summed E-state index contributed by atoms with van der Waals surface area (Å²) < 4.78 is 18.4. The molecule has 0 heterocycles. The fourth-order valence-corrected chi connectivity index (χ4v) is 1.30. The van der Waals surface area contributed by atoms with E-state index in [1.807, 2.05) is 0 Å². The molecule has 2 N–H and O–H groups in total. The second-order valence-electron chi connectivity index (χ2n) is 4.99. The normalized spacial score (nSPS) is 10.9. The molecule has 5 nitrogen and oxygen atoms in total. The van der Waals surface area contributed by atoms with Crippen LogP contribution >= 0.6 is 0 Å². The maximum Gasteiger partial charge on any atom is 0.310 e. The Morgan fingerprint density at radius 3 is 2.60 bits per heavy atom. The molecule has 0 aromatic heterocycles. The van der Waals surface area contributed by atoms with Crippen molar-refractivity contribution < 1.29 is 23.8 Å². The van der Waals surface area contributed by atoms with Gasteiger partial charge in [-0.1, -0.05) is 12.1 Å². The van der Waals surface area contributed by atoms with Gasteiger partial charge in [-0.15, -0.1) is 0 Å². The van der Waals surface area contributed by atoms with Gasteiger partial charge in [0, 0.05) is 6.54 Å². The average Bonchev–Trinajstić information content (AvgIpc) is 2.38. The number of carbonyl (C=O) groups excluding carboxylic acids is 1. The molecule has 0 saturated carbocycles. The highest BCUT2D eigenvalue weighted by Crippen LogP contribution is 2.15. The number of carboxylic acid groups (broad SMARTS) is 1. The van der Waals surface area contributed by atoms with E-state index >= 15 is 0 Å². The van der Waals surface area contributed by atoms with Gasteiger partial charge in [-0.25, -0.2) is 4.39 Å². The molecule has 0 atom stereocenters. The Morgan fingerprint density at radius 1 is 1.35 bits per heavy atom. The average molecular weight is 283 g/mol. The molecule has 1 aromatic rings. The number of carboxylic acids is 1. The number of rotatable bonds is 7. The predicted molar refractivity (Wildman–Crippen MR) is 70.9 cm³/mol. The topological polar surface area (TPSA) is 75.6 Å². The Balaban J connectivity index is 2.31. The molecule has 0 aliphatic heterocycles. The summed E-state index contributed by atoms with van der Waals surface area (Å²) in [4.78, 5) is 22.4. The van der Waals surface area contributed by atoms with Crippen LogP contribution in [0, 0.1) is 11.2 Å². The fraction of sp³-hybridized carbons (Fsp3) is 0.429. The van der Waals surface area contributed by atoms with E-state index in [2.05, 4.69) is 5.32 Å². The van der Waals surface area contributed by atoms with E-state index in [4.69, 9.17) is 9.84 Å². The first-order chi connectivity index (χ1) is 9.33. The zero-order chi connectivity index (χ0) is 15.2. The van der Waals surface area contributed by atoms with Crippen LogP contribution in [0.1, 0.15) is 20.3 Å². The molecular formula is C14H18FNO4. The van der Waals surface area contributed by atoms with Crippen molar-refractivity contribution in [2.75, 3.05) is 13.2 Å². The van der Waals surface area contributed by atoms with Crippen LogP contribution in [0.25, 0.3) is 0 Å². The molecule has 0 aliphatic carbocycles. The van der Waals surface area contributed by atoms with Gasteiger partial charge in [0.25, 0.3) is 0 Å². The van der Waals surface area contributed by atoms with Crippen LogP contribution in [0.3, 0.4) is 0 Å². The molecule has 1 amide bonds. The lowest BCUT2D eigenvalue weighted by molar-refractivity contribution is -0.146. The highest BCUT2D eigenvalue weighted by molar-refractivity contribution is 5.78. The highest BCUT2D eigenvalue weighted by atomic mass is 19.1. The largest absolute Gasteiger partial charge is 0.490 e. The first kappa shape index (κ1) is 15.9. The molecule has 0 bridgehead atoms. The van der Waals surface area contributed by atoms with Crippen molar-refractivity contribution in [3.8, 4) is 5.75 Å². The summed E-state index contributed by atoms with van der Waals surface area (Å²) in [6.45, 7) is 3.10. The van der Waals surface area contributed by atoms with Gasteiger partial charge in [0.05, 0.1) is 18.4 Å². The second-order valence-corrected chi connectivity index (χ2v) is 4.99. The number of para-hydroxylation sites is 1. The van der Waals surface area contributed by atoms with Crippen LogP contribution in [0.15, 0.2) is 24.3 Å². The number of hydrogen-bond acceptors (Lipinski definition) is 3. The minimum Gasteiger partial charge on any atom is -0.490 e. The van der Waals surface area contributed by atoms with E-state index in [1.165, 1.54) is 26.0 Å². The van der Waals surface area contributed by atoms with Gasteiger partial charge in [-0.2, -0.15) is 0 Å². The molecule has 1 rings (SSSR count). The minimum absolute atomic E-state index is 0.0280. The van der Waals surface area contributed by atoms with Crippen LogP contribution in [0.2, 0.25) is 0 Å². The highest BCUT2D eigenvalue weighted by Gasteiger charge is 2.27. The smallest absolute Gasteiger partial charge is 0.310 e. The van der Waals surface area contributed by atoms with E-state index in [0.29, 0.717) is 0 Å². The summed E-state index contributed by atoms with van der Waals surface area (Å²) in [6.07, 6.45) is 0.0318. The number of carbonyl (C=O) groups is 2. The van der Waals surface area contributed by atoms with Crippen LogP contribution in [0.4, 0.5) is 4.39 Å². The van der Waals surface area contributed by atoms with Gasteiger partial charge in [0.1, 0.15) is 0 Å². The van der Waals surface area contributed by atoms with Crippen molar-refractivity contribution in [1.82, 2.24) is 5.32 Å². The van der Waals surface area contributed by atoms with Gasteiger partial charge < -0.3 is 15.2 Å². The molecule has 6 heteroatoms. The van der Waals surface area contributed by atoms with Gasteiger partial charge in [-0.3, -0.25) is 9.59 Å². The molecular weight excluding hydrogens is 265 g/mol.